The maximum atomic E-state index is 12.2. The summed E-state index contributed by atoms with van der Waals surface area (Å²) >= 11 is 0. The van der Waals surface area contributed by atoms with Crippen molar-refractivity contribution < 1.29 is 14.2 Å². The van der Waals surface area contributed by atoms with Crippen molar-refractivity contribution in [1.82, 2.24) is 20.0 Å². The number of rotatable bonds is 2. The van der Waals surface area contributed by atoms with Crippen molar-refractivity contribution in [1.29, 1.82) is 0 Å². The Hall–Kier alpha value is -2.32. The lowest BCUT2D eigenvalue weighted by Crippen LogP contribution is -2.43. The van der Waals surface area contributed by atoms with Gasteiger partial charge in [0, 0.05) is 19.6 Å². The van der Waals surface area contributed by atoms with Gasteiger partial charge in [0.25, 0.3) is 6.33 Å². The highest BCUT2D eigenvalue weighted by Crippen LogP contribution is 2.03. The van der Waals surface area contributed by atoms with E-state index in [-0.39, 0.29) is 6.03 Å². The van der Waals surface area contributed by atoms with Crippen LogP contribution >= 0.6 is 0 Å². The standard InChI is InChI=1S/C13H17N6O2/c14-9-11-1-3-12(4-2-11)18-10-19(16-15-18)13(20)17-5-7-21-8-6-17/h1-4,10H,5-9,14H2/q+1. The fourth-order valence-electron chi connectivity index (χ4n) is 2.13. The molecule has 0 spiro atoms. The summed E-state index contributed by atoms with van der Waals surface area (Å²) in [5, 5.41) is 7.86. The van der Waals surface area contributed by atoms with Crippen molar-refractivity contribution in [3.05, 3.63) is 36.2 Å². The summed E-state index contributed by atoms with van der Waals surface area (Å²) in [5.74, 6) is 0. The SMILES string of the molecule is NCc1ccc(-[n+]2cn(C(=O)N3CCOCC3)nn2)cc1. The second-order valence-corrected chi connectivity index (χ2v) is 4.74. The van der Waals surface area contributed by atoms with Crippen LogP contribution in [0.15, 0.2) is 30.6 Å². The molecule has 3 rings (SSSR count). The highest BCUT2D eigenvalue weighted by molar-refractivity contribution is 5.75. The van der Waals surface area contributed by atoms with Gasteiger partial charge in [0.2, 0.25) is 0 Å². The summed E-state index contributed by atoms with van der Waals surface area (Å²) in [7, 11) is 0. The summed E-state index contributed by atoms with van der Waals surface area (Å²) in [6, 6.07) is 7.43. The molecule has 8 nitrogen and oxygen atoms in total. The maximum absolute atomic E-state index is 12.2. The highest BCUT2D eigenvalue weighted by atomic mass is 16.5. The van der Waals surface area contributed by atoms with E-state index in [9.17, 15) is 4.79 Å². The van der Waals surface area contributed by atoms with Crippen molar-refractivity contribution in [2.75, 3.05) is 26.3 Å². The first-order chi connectivity index (χ1) is 10.3. The molecule has 2 aromatic rings. The minimum atomic E-state index is -0.192. The molecule has 0 radical (unpaired) electrons. The number of morpholine rings is 1. The number of tetrazole rings is 1. The molecule has 1 saturated heterocycles. The number of benzene rings is 1. The molecule has 1 aliphatic rings. The lowest BCUT2D eigenvalue weighted by atomic mass is 10.2. The van der Waals surface area contributed by atoms with Crippen molar-refractivity contribution in [3.63, 3.8) is 0 Å². The summed E-state index contributed by atoms with van der Waals surface area (Å²) in [6.07, 6.45) is 1.56. The molecule has 2 heterocycles. The van der Waals surface area contributed by atoms with Crippen LogP contribution in [0.1, 0.15) is 5.56 Å². The molecule has 1 aliphatic heterocycles. The average Bonchev–Trinajstić information content (AvgIpc) is 3.05. The molecule has 1 aromatic heterocycles. The number of carbonyl (C=O) groups excluding carboxylic acids is 1. The number of amides is 1. The number of hydrogen-bond donors (Lipinski definition) is 1. The number of hydrogen-bond acceptors (Lipinski definition) is 5. The zero-order chi connectivity index (χ0) is 14.7. The van der Waals surface area contributed by atoms with Crippen LogP contribution in [0.4, 0.5) is 4.79 Å². The molecule has 8 heteroatoms. The Morgan fingerprint density at radius 1 is 1.29 bits per heavy atom. The highest BCUT2D eigenvalue weighted by Gasteiger charge is 2.25. The van der Waals surface area contributed by atoms with Gasteiger partial charge in [-0.25, -0.2) is 4.79 Å². The molecule has 0 unspecified atom stereocenters. The zero-order valence-electron chi connectivity index (χ0n) is 11.6. The predicted octanol–water partition coefficient (Wildman–Crippen LogP) is -0.686. The number of nitrogens with zero attached hydrogens (tertiary/aromatic N) is 5. The van der Waals surface area contributed by atoms with E-state index in [0.29, 0.717) is 32.8 Å². The van der Waals surface area contributed by atoms with Gasteiger partial charge in [-0.1, -0.05) is 12.1 Å². The van der Waals surface area contributed by atoms with Crippen molar-refractivity contribution in [2.45, 2.75) is 6.54 Å². The first-order valence-electron chi connectivity index (χ1n) is 6.78. The van der Waals surface area contributed by atoms with E-state index < -0.39 is 0 Å². The Kier molecular flexibility index (Phi) is 3.89. The van der Waals surface area contributed by atoms with Gasteiger partial charge in [0.15, 0.2) is 5.21 Å². The lowest BCUT2D eigenvalue weighted by Gasteiger charge is -2.23. The largest absolute Gasteiger partial charge is 0.420 e. The summed E-state index contributed by atoms with van der Waals surface area (Å²) < 4.78 is 8.02. The molecule has 110 valence electrons. The normalized spacial score (nSPS) is 15.2. The molecular formula is C13H17N6O2+. The van der Waals surface area contributed by atoms with E-state index in [1.165, 1.54) is 4.68 Å². The van der Waals surface area contributed by atoms with Crippen molar-refractivity contribution in [3.8, 4) is 5.69 Å². The fraction of sp³-hybridized carbons (Fsp3) is 0.385. The maximum Gasteiger partial charge on any atom is 0.420 e. The molecule has 0 bridgehead atoms. The molecule has 2 N–H and O–H groups in total. The molecular weight excluding hydrogens is 272 g/mol. The quantitative estimate of drug-likeness (QED) is 0.584. The third kappa shape index (κ3) is 2.91. The third-order valence-corrected chi connectivity index (χ3v) is 3.37. The smallest absolute Gasteiger partial charge is 0.378 e. The second kappa shape index (κ2) is 5.98. The Bertz CT molecular complexity index is 618. The number of carbonyl (C=O) groups is 1. The summed E-state index contributed by atoms with van der Waals surface area (Å²) in [5.41, 5.74) is 7.43. The Morgan fingerprint density at radius 2 is 2.00 bits per heavy atom. The van der Waals surface area contributed by atoms with Gasteiger partial charge in [0.1, 0.15) is 10.9 Å². The fourth-order valence-corrected chi connectivity index (χ4v) is 2.13. The van der Waals surface area contributed by atoms with E-state index in [2.05, 4.69) is 10.4 Å². The van der Waals surface area contributed by atoms with Crippen LogP contribution in [-0.2, 0) is 11.3 Å². The van der Waals surface area contributed by atoms with Crippen LogP contribution in [0.25, 0.3) is 5.69 Å². The van der Waals surface area contributed by atoms with Crippen LogP contribution in [0.3, 0.4) is 0 Å². The number of ether oxygens (including phenoxy) is 1. The van der Waals surface area contributed by atoms with Crippen LogP contribution < -0.4 is 10.4 Å². The van der Waals surface area contributed by atoms with E-state index in [1.54, 1.807) is 15.9 Å². The Morgan fingerprint density at radius 3 is 2.67 bits per heavy atom. The minimum absolute atomic E-state index is 0.192. The summed E-state index contributed by atoms with van der Waals surface area (Å²) in [6.45, 7) is 2.75. The molecule has 1 fully saturated rings. The van der Waals surface area contributed by atoms with Crippen molar-refractivity contribution >= 4 is 6.03 Å². The molecule has 0 atom stereocenters. The third-order valence-electron chi connectivity index (χ3n) is 3.37. The predicted molar refractivity (Wildman–Crippen MR) is 72.6 cm³/mol. The topological polar surface area (TPSA) is 90.2 Å². The molecule has 21 heavy (non-hydrogen) atoms. The van der Waals surface area contributed by atoms with E-state index in [4.69, 9.17) is 10.5 Å². The van der Waals surface area contributed by atoms with Crippen LogP contribution in [0.5, 0.6) is 0 Å². The van der Waals surface area contributed by atoms with E-state index in [0.717, 1.165) is 11.3 Å². The number of aromatic nitrogens is 4. The first kappa shape index (κ1) is 13.7. The van der Waals surface area contributed by atoms with Gasteiger partial charge in [0.05, 0.1) is 13.2 Å². The van der Waals surface area contributed by atoms with Gasteiger partial charge in [-0.15, -0.1) is 4.68 Å². The second-order valence-electron chi connectivity index (χ2n) is 4.74. The summed E-state index contributed by atoms with van der Waals surface area (Å²) in [4.78, 5) is 13.9. The molecule has 1 amide bonds. The van der Waals surface area contributed by atoms with Gasteiger partial charge in [-0.3, -0.25) is 0 Å². The minimum Gasteiger partial charge on any atom is -0.378 e. The van der Waals surface area contributed by atoms with Crippen LogP contribution in [0.2, 0.25) is 0 Å². The average molecular weight is 289 g/mol. The van der Waals surface area contributed by atoms with Crippen LogP contribution in [-0.4, -0.2) is 52.3 Å². The first-order valence-corrected chi connectivity index (χ1v) is 6.78. The van der Waals surface area contributed by atoms with Gasteiger partial charge >= 0.3 is 6.03 Å². The molecule has 0 aliphatic carbocycles. The van der Waals surface area contributed by atoms with Gasteiger partial charge in [-0.2, -0.15) is 0 Å². The van der Waals surface area contributed by atoms with Crippen LogP contribution in [0, 0.1) is 0 Å². The Labute approximate surface area is 121 Å². The van der Waals surface area contributed by atoms with Gasteiger partial charge < -0.3 is 15.4 Å². The van der Waals surface area contributed by atoms with E-state index >= 15 is 0 Å². The Balaban J connectivity index is 1.77. The molecule has 0 saturated carbocycles. The molecule has 1 aromatic carbocycles. The zero-order valence-corrected chi connectivity index (χ0v) is 11.6. The van der Waals surface area contributed by atoms with E-state index in [1.807, 2.05) is 24.3 Å². The van der Waals surface area contributed by atoms with Gasteiger partial charge in [-0.05, 0) is 22.4 Å². The number of nitrogens with two attached hydrogens (primary N) is 1. The van der Waals surface area contributed by atoms with Crippen molar-refractivity contribution in [2.24, 2.45) is 5.73 Å². The monoisotopic (exact) mass is 289 g/mol. The lowest BCUT2D eigenvalue weighted by molar-refractivity contribution is -0.660.